The van der Waals surface area contributed by atoms with Crippen LogP contribution in [0.2, 0.25) is 5.02 Å². The summed E-state index contributed by atoms with van der Waals surface area (Å²) in [5.41, 5.74) is 5.68. The molecule has 3 unspecified atom stereocenters. The third-order valence-electron chi connectivity index (χ3n) is 4.24. The zero-order valence-electron chi connectivity index (χ0n) is 15.8. The molecule has 12 heteroatoms. The minimum atomic E-state index is -1.18. The lowest BCUT2D eigenvalue weighted by molar-refractivity contribution is -0.125. The number of nitrogens with one attached hydrogen (secondary N) is 4. The highest BCUT2D eigenvalue weighted by molar-refractivity contribution is 8.00. The van der Waals surface area contributed by atoms with Crippen molar-refractivity contribution in [1.82, 2.24) is 16.0 Å². The van der Waals surface area contributed by atoms with Gasteiger partial charge in [0.15, 0.2) is 11.6 Å². The first-order chi connectivity index (χ1) is 14.7. The molecule has 0 aliphatic carbocycles. The van der Waals surface area contributed by atoms with Crippen LogP contribution in [-0.2, 0) is 9.59 Å². The Morgan fingerprint density at radius 3 is 2.48 bits per heavy atom. The number of benzene rings is 2. The molecule has 0 spiro atoms. The largest absolute Gasteiger partial charge is 0.338 e. The van der Waals surface area contributed by atoms with Crippen molar-refractivity contribution in [3.8, 4) is 0 Å². The summed E-state index contributed by atoms with van der Waals surface area (Å²) in [5.74, 6) is -3.94. The molecule has 3 amide bonds. The Morgan fingerprint density at radius 1 is 1.13 bits per heavy atom. The highest BCUT2D eigenvalue weighted by Gasteiger charge is 2.35. The minimum Gasteiger partial charge on any atom is -0.338 e. The Kier molecular flexibility index (Phi) is 7.44. The van der Waals surface area contributed by atoms with Crippen molar-refractivity contribution in [3.05, 3.63) is 64.7 Å². The van der Waals surface area contributed by atoms with Crippen molar-refractivity contribution in [2.45, 2.75) is 17.7 Å². The van der Waals surface area contributed by atoms with Crippen molar-refractivity contribution in [2.75, 3.05) is 11.1 Å². The van der Waals surface area contributed by atoms with E-state index in [0.29, 0.717) is 10.7 Å². The second-order valence-corrected chi connectivity index (χ2v) is 8.06. The van der Waals surface area contributed by atoms with Crippen LogP contribution < -0.4 is 27.0 Å². The third-order valence-corrected chi connectivity index (χ3v) is 5.50. The molecule has 2 aromatic carbocycles. The number of thioether (sulfide) groups is 1. The highest BCUT2D eigenvalue weighted by Crippen LogP contribution is 2.16. The molecule has 3 rings (SSSR count). The van der Waals surface area contributed by atoms with E-state index in [9.17, 15) is 23.2 Å². The van der Waals surface area contributed by atoms with Gasteiger partial charge >= 0.3 is 0 Å². The van der Waals surface area contributed by atoms with Crippen molar-refractivity contribution in [1.29, 1.82) is 0 Å². The molecule has 0 saturated carbocycles. The Balaban J connectivity index is 1.50. The van der Waals surface area contributed by atoms with Crippen LogP contribution in [0.25, 0.3) is 0 Å². The standard InChI is InChI=1S/C19H18ClF2N5O3S/c20-10-2-4-11(5-3-10)24-14(28)8-31-19-26-16(23)15(18(30)27-19)25-17(29)9-1-6-12(21)13(22)7-9/h1-7,15-16,19,26H,8,23H2,(H,24,28)(H,25,29)(H,27,30). The SMILES string of the molecule is NC1NC(SCC(=O)Nc2ccc(Cl)cc2)NC(=O)C1NC(=O)c1ccc(F)c(F)c1. The van der Waals surface area contributed by atoms with E-state index in [4.69, 9.17) is 17.3 Å². The first kappa shape index (κ1) is 22.9. The van der Waals surface area contributed by atoms with Crippen molar-refractivity contribution in [2.24, 2.45) is 5.73 Å². The number of carbonyl (C=O) groups excluding carboxylic acids is 3. The highest BCUT2D eigenvalue weighted by atomic mass is 35.5. The number of halogens is 3. The van der Waals surface area contributed by atoms with Crippen LogP contribution in [0.3, 0.4) is 0 Å². The van der Waals surface area contributed by atoms with Crippen LogP contribution in [0, 0.1) is 11.6 Å². The number of anilines is 1. The predicted molar refractivity (Wildman–Crippen MR) is 113 cm³/mol. The zero-order chi connectivity index (χ0) is 22.5. The predicted octanol–water partition coefficient (Wildman–Crippen LogP) is 1.38. The summed E-state index contributed by atoms with van der Waals surface area (Å²) in [5, 5.41) is 11.1. The Morgan fingerprint density at radius 2 is 1.84 bits per heavy atom. The van der Waals surface area contributed by atoms with Gasteiger partial charge in [0.05, 0.1) is 11.9 Å². The molecule has 1 heterocycles. The smallest absolute Gasteiger partial charge is 0.252 e. The van der Waals surface area contributed by atoms with Gasteiger partial charge in [0.1, 0.15) is 11.5 Å². The summed E-state index contributed by atoms with van der Waals surface area (Å²) in [6, 6.07) is 8.06. The van der Waals surface area contributed by atoms with Gasteiger partial charge in [0.25, 0.3) is 5.91 Å². The maximum Gasteiger partial charge on any atom is 0.252 e. The summed E-state index contributed by atoms with van der Waals surface area (Å²) in [4.78, 5) is 36.7. The number of hydrogen-bond acceptors (Lipinski definition) is 6. The summed E-state index contributed by atoms with van der Waals surface area (Å²) in [6.45, 7) is 0. The number of rotatable bonds is 6. The third kappa shape index (κ3) is 6.14. The number of amides is 3. The van der Waals surface area contributed by atoms with Gasteiger partial charge < -0.3 is 21.7 Å². The molecular formula is C19H18ClF2N5O3S. The zero-order valence-corrected chi connectivity index (χ0v) is 17.4. The van der Waals surface area contributed by atoms with Gasteiger partial charge in [-0.2, -0.15) is 0 Å². The fraction of sp³-hybridized carbons (Fsp3) is 0.211. The van der Waals surface area contributed by atoms with Gasteiger partial charge in [-0.1, -0.05) is 11.6 Å². The lowest BCUT2D eigenvalue weighted by atomic mass is 10.1. The second kappa shape index (κ2) is 10.1. The first-order valence-corrected chi connectivity index (χ1v) is 10.4. The molecule has 0 radical (unpaired) electrons. The summed E-state index contributed by atoms with van der Waals surface area (Å²) in [6.07, 6.45) is -0.972. The molecule has 2 aromatic rings. The summed E-state index contributed by atoms with van der Waals surface area (Å²) >= 11 is 6.89. The average molecular weight is 470 g/mol. The molecule has 6 N–H and O–H groups in total. The molecule has 0 aromatic heterocycles. The van der Waals surface area contributed by atoms with Gasteiger partial charge in [-0.15, -0.1) is 11.8 Å². The van der Waals surface area contributed by atoms with Crippen LogP contribution in [0.15, 0.2) is 42.5 Å². The molecule has 1 aliphatic rings. The maximum absolute atomic E-state index is 13.3. The van der Waals surface area contributed by atoms with E-state index >= 15 is 0 Å². The molecule has 1 saturated heterocycles. The van der Waals surface area contributed by atoms with Crippen molar-refractivity contribution in [3.63, 3.8) is 0 Å². The number of carbonyl (C=O) groups is 3. The van der Waals surface area contributed by atoms with Gasteiger partial charge in [-0.3, -0.25) is 19.7 Å². The fourth-order valence-corrected chi connectivity index (χ4v) is 3.66. The van der Waals surface area contributed by atoms with Crippen LogP contribution in [-0.4, -0.2) is 41.2 Å². The second-order valence-electron chi connectivity index (χ2n) is 6.53. The normalized spacial score (nSPS) is 20.6. The van der Waals surface area contributed by atoms with Gasteiger partial charge in [-0.05, 0) is 42.5 Å². The van der Waals surface area contributed by atoms with E-state index in [1.165, 1.54) is 0 Å². The van der Waals surface area contributed by atoms with Crippen LogP contribution in [0.1, 0.15) is 10.4 Å². The molecule has 1 fully saturated rings. The van der Waals surface area contributed by atoms with E-state index in [1.807, 2.05) is 0 Å². The summed E-state index contributed by atoms with van der Waals surface area (Å²) < 4.78 is 26.3. The van der Waals surface area contributed by atoms with Crippen molar-refractivity contribution >= 4 is 46.8 Å². The number of hydrogen-bond donors (Lipinski definition) is 5. The Bertz CT molecular complexity index is 995. The van der Waals surface area contributed by atoms with Gasteiger partial charge in [-0.25, -0.2) is 8.78 Å². The molecule has 31 heavy (non-hydrogen) atoms. The Labute approximate surface area is 185 Å². The van der Waals surface area contributed by atoms with Crippen LogP contribution >= 0.6 is 23.4 Å². The van der Waals surface area contributed by atoms with Gasteiger partial charge in [0, 0.05) is 16.3 Å². The summed E-state index contributed by atoms with van der Waals surface area (Å²) in [7, 11) is 0. The van der Waals surface area contributed by atoms with Crippen LogP contribution in [0.5, 0.6) is 0 Å². The molecule has 1 aliphatic heterocycles. The Hall–Kier alpha value is -2.73. The lowest BCUT2D eigenvalue weighted by Gasteiger charge is -2.35. The first-order valence-electron chi connectivity index (χ1n) is 8.98. The minimum absolute atomic E-state index is 0.0131. The van der Waals surface area contributed by atoms with E-state index in [-0.39, 0.29) is 17.2 Å². The maximum atomic E-state index is 13.3. The van der Waals surface area contributed by atoms with E-state index < -0.39 is 41.2 Å². The molecule has 3 atom stereocenters. The van der Waals surface area contributed by atoms with Crippen LogP contribution in [0.4, 0.5) is 14.5 Å². The van der Waals surface area contributed by atoms with E-state index in [2.05, 4.69) is 21.3 Å². The topological polar surface area (TPSA) is 125 Å². The average Bonchev–Trinajstić information content (AvgIpc) is 2.72. The molecule has 0 bridgehead atoms. The fourth-order valence-electron chi connectivity index (χ4n) is 2.69. The molecular weight excluding hydrogens is 452 g/mol. The van der Waals surface area contributed by atoms with E-state index in [0.717, 1.165) is 30.0 Å². The quantitative estimate of drug-likeness (QED) is 0.435. The molecule has 8 nitrogen and oxygen atoms in total. The number of nitrogens with two attached hydrogens (primary N) is 1. The van der Waals surface area contributed by atoms with Crippen molar-refractivity contribution < 1.29 is 23.2 Å². The van der Waals surface area contributed by atoms with E-state index in [1.54, 1.807) is 24.3 Å². The van der Waals surface area contributed by atoms with Gasteiger partial charge in [0.2, 0.25) is 11.8 Å². The monoisotopic (exact) mass is 469 g/mol. The lowest BCUT2D eigenvalue weighted by Crippen LogP contribution is -2.70. The molecule has 164 valence electrons.